The van der Waals surface area contributed by atoms with Crippen molar-refractivity contribution in [2.24, 2.45) is 0 Å². The molecule has 5 rings (SSSR count). The summed E-state index contributed by atoms with van der Waals surface area (Å²) in [7, 11) is 0. The maximum Gasteiger partial charge on any atom is 2.00 e. The van der Waals surface area contributed by atoms with Gasteiger partial charge in [-0.3, -0.25) is 34.5 Å². The topological polar surface area (TPSA) is 206 Å². The van der Waals surface area contributed by atoms with Crippen molar-refractivity contribution in [3.63, 3.8) is 0 Å². The van der Waals surface area contributed by atoms with E-state index in [1.807, 2.05) is 111 Å². The Morgan fingerprint density at radius 1 is 0.638 bits per heavy atom. The molecule has 0 aliphatic carbocycles. The zero-order valence-corrected chi connectivity index (χ0v) is 44.1. The number of alkyl carbamates (subject to hydrolysis) is 1. The van der Waals surface area contributed by atoms with Crippen LogP contribution in [0.15, 0.2) is 110 Å². The Bertz CT molecular complexity index is 2020. The van der Waals surface area contributed by atoms with Gasteiger partial charge in [-0.1, -0.05) is 94.5 Å². The van der Waals surface area contributed by atoms with Crippen molar-refractivity contribution in [3.8, 4) is 5.75 Å². The molecule has 69 heavy (non-hydrogen) atoms. The molecule has 4 aromatic heterocycles. The summed E-state index contributed by atoms with van der Waals surface area (Å²) in [6, 6.07) is 26.2. The molecule has 366 valence electrons. The quantitative estimate of drug-likeness (QED) is 0.0238. The van der Waals surface area contributed by atoms with Gasteiger partial charge in [-0.25, -0.2) is 4.79 Å². The molecule has 0 fully saturated rings. The molecule has 0 aliphatic rings. The Morgan fingerprint density at radius 2 is 1.01 bits per heavy atom. The number of unbranched alkanes of at least 4 members (excludes halogenated alkanes) is 6. The van der Waals surface area contributed by atoms with E-state index in [4.69, 9.17) is 20.1 Å². The second kappa shape index (κ2) is 31.3. The number of nitrogens with zero attached hydrogens (tertiary/aromatic N) is 8. The first kappa shape index (κ1) is 57.4. The zero-order chi connectivity index (χ0) is 49.2. The van der Waals surface area contributed by atoms with Gasteiger partial charge in [0.1, 0.15) is 11.6 Å². The molecule has 0 aliphatic heterocycles. The van der Waals surface area contributed by atoms with Crippen LogP contribution in [0.2, 0.25) is 0 Å². The van der Waals surface area contributed by atoms with E-state index in [-0.39, 0.29) is 37.6 Å². The van der Waals surface area contributed by atoms with Gasteiger partial charge in [0.05, 0.1) is 27.9 Å². The van der Waals surface area contributed by atoms with Gasteiger partial charge in [0.25, 0.3) is 0 Å². The third kappa shape index (κ3) is 22.8. The Morgan fingerprint density at radius 3 is 1.33 bits per heavy atom. The fraction of sp³-hybridized carbons (Fsp3) is 0.462. The number of carbonyl (C=O) groups excluding carboxylic acids is 2. The normalized spacial score (nSPS) is 11.5. The van der Waals surface area contributed by atoms with Gasteiger partial charge in [0.15, 0.2) is 0 Å². The van der Waals surface area contributed by atoms with Gasteiger partial charge in [-0.15, -0.1) is 0 Å². The van der Waals surface area contributed by atoms with Crippen LogP contribution in [-0.2, 0) is 74.7 Å². The number of pyridine rings is 4. The molecule has 4 heterocycles. The molecule has 5 aromatic rings. The van der Waals surface area contributed by atoms with E-state index in [9.17, 15) is 14.7 Å². The van der Waals surface area contributed by atoms with E-state index in [0.717, 1.165) is 79.7 Å². The minimum absolute atomic E-state index is 0. The van der Waals surface area contributed by atoms with Crippen molar-refractivity contribution < 1.29 is 44.0 Å². The third-order valence-corrected chi connectivity index (χ3v) is 10.8. The van der Waals surface area contributed by atoms with E-state index in [2.05, 4.69) is 48.9 Å². The van der Waals surface area contributed by atoms with Gasteiger partial charge in [0, 0.05) is 83.6 Å². The Balaban J connectivity index is 0.00000242. The van der Waals surface area contributed by atoms with Crippen molar-refractivity contribution in [3.05, 3.63) is 165 Å². The molecule has 1 atom stereocenters. The van der Waals surface area contributed by atoms with Crippen LogP contribution in [-0.4, -0.2) is 76.5 Å². The first-order valence-electron chi connectivity index (χ1n) is 23.7. The number of benzene rings is 1. The van der Waals surface area contributed by atoms with Gasteiger partial charge in [0.2, 0.25) is 5.91 Å². The van der Waals surface area contributed by atoms with E-state index in [1.165, 1.54) is 0 Å². The van der Waals surface area contributed by atoms with Crippen LogP contribution in [0.3, 0.4) is 0 Å². The molecule has 0 unspecified atom stereocenters. The van der Waals surface area contributed by atoms with Crippen LogP contribution in [0, 0.1) is 15.3 Å². The molecule has 1 N–H and O–H groups in total. The monoisotopic (exact) mass is 995 g/mol. The number of rotatable bonds is 26. The molecule has 1 aromatic carbocycles. The molecule has 2 amide bonds. The number of hydrogen-bond acceptors (Lipinski definition) is 13. The first-order valence-corrected chi connectivity index (χ1v) is 23.7. The Hall–Kier alpha value is -5.90. The van der Waals surface area contributed by atoms with E-state index < -0.39 is 22.8 Å². The summed E-state index contributed by atoms with van der Waals surface area (Å²) in [5.41, 5.74) is 4.62. The molecule has 0 spiro atoms. The van der Waals surface area contributed by atoms with Crippen LogP contribution in [0.5, 0.6) is 5.75 Å². The predicted octanol–water partition coefficient (Wildman–Crippen LogP) is 8.93. The van der Waals surface area contributed by atoms with E-state index in [0.29, 0.717) is 63.5 Å². The minimum atomic E-state index is -1.75. The third-order valence-electron chi connectivity index (χ3n) is 10.8. The summed E-state index contributed by atoms with van der Waals surface area (Å²) in [6.45, 7) is 13.5. The zero-order valence-electron chi connectivity index (χ0n) is 41.1. The van der Waals surface area contributed by atoms with Gasteiger partial charge in [-0.05, 0) is 98.8 Å². The van der Waals surface area contributed by atoms with Crippen molar-refractivity contribution in [1.29, 1.82) is 0 Å². The molecular weight excluding hydrogens is 928 g/mol. The minimum Gasteiger partial charge on any atom is -0.872 e. The van der Waals surface area contributed by atoms with Crippen molar-refractivity contribution in [2.75, 3.05) is 13.1 Å². The number of amides is 2. The van der Waals surface area contributed by atoms with Crippen molar-refractivity contribution in [2.45, 2.75) is 143 Å². The summed E-state index contributed by atoms with van der Waals surface area (Å²) in [5, 5.41) is 32.7. The van der Waals surface area contributed by atoms with Crippen molar-refractivity contribution >= 4 is 12.0 Å². The summed E-state index contributed by atoms with van der Waals surface area (Å²) in [4.78, 5) is 61.4. The smallest absolute Gasteiger partial charge is 0.872 e. The summed E-state index contributed by atoms with van der Waals surface area (Å²) in [5.74, 6) is -0.230. The van der Waals surface area contributed by atoms with Gasteiger partial charge >= 0.3 is 25.6 Å². The average Bonchev–Trinajstić information content (AvgIpc) is 3.30. The van der Waals surface area contributed by atoms with Gasteiger partial charge < -0.3 is 35.4 Å². The largest absolute Gasteiger partial charge is 2.00 e. The number of nitrogens with one attached hydrogen (secondary N) is 1. The molecule has 0 saturated heterocycles. The maximum atomic E-state index is 14.9. The van der Waals surface area contributed by atoms with Crippen LogP contribution < -0.4 is 10.4 Å². The number of hydrogen-bond donors (Lipinski definition) is 1. The standard InChI is InChI=1S/C52H70N8O4.NO3.Zn/c1-6-8-10-20-30-60(31-21-11-9-7-2)50(62)48(57-51(63)64-52(3,4)5)34-41-32-42(35-58(37-44-22-12-16-26-53-44)38-45-23-13-17-27-54-45)49(61)43(33-41)36-59(39-46-24-14-18-28-55-46)40-47-25-15-19-29-56-47;2-1(3)4;/h12-19,22-29,32-33,48,61H,6-11,20-21,30-31,34-40H2,1-5H3,(H,57,63);;/q;-1;+2/p-1/t48-;;/m0../s1. The summed E-state index contributed by atoms with van der Waals surface area (Å²) >= 11 is 0. The maximum absolute atomic E-state index is 14.9. The fourth-order valence-corrected chi connectivity index (χ4v) is 7.78. The SMILES string of the molecule is CCCCCCN(CCCCCC)C(=O)[C@H](Cc1cc(CN(Cc2ccccn2)Cc2ccccn2)c([O-])c(CN(Cc2ccccn2)Cc2ccccn2)c1)NC(=O)OC(C)(C)C.O=[N+]([O-])[O-].[Zn+2]. The Kier molecular flexibility index (Phi) is 26.0. The fourth-order valence-electron chi connectivity index (χ4n) is 7.78. The Labute approximate surface area is 420 Å². The number of ether oxygens (including phenoxy) is 1. The molecule has 16 nitrogen and oxygen atoms in total. The van der Waals surface area contributed by atoms with Crippen LogP contribution in [0.4, 0.5) is 4.79 Å². The van der Waals surface area contributed by atoms with Gasteiger partial charge in [-0.2, -0.15) is 0 Å². The molecule has 0 bridgehead atoms. The van der Waals surface area contributed by atoms with Crippen molar-refractivity contribution in [1.82, 2.24) is 40.0 Å². The predicted molar refractivity (Wildman–Crippen MR) is 261 cm³/mol. The number of carbonyl (C=O) groups is 2. The molecule has 0 saturated carbocycles. The number of aromatic nitrogens is 4. The molecule has 0 radical (unpaired) electrons. The van der Waals surface area contributed by atoms with E-state index >= 15 is 0 Å². The van der Waals surface area contributed by atoms with E-state index in [1.54, 1.807) is 24.8 Å². The summed E-state index contributed by atoms with van der Waals surface area (Å²) < 4.78 is 5.75. The molecular formula is C52H69N9O7Zn. The molecule has 17 heteroatoms. The second-order valence-corrected chi connectivity index (χ2v) is 17.9. The van der Waals surface area contributed by atoms with Crippen LogP contribution >= 0.6 is 0 Å². The second-order valence-electron chi connectivity index (χ2n) is 17.9. The first-order chi connectivity index (χ1) is 32.7. The van der Waals surface area contributed by atoms with Crippen LogP contribution in [0.25, 0.3) is 0 Å². The summed E-state index contributed by atoms with van der Waals surface area (Å²) in [6.07, 6.45) is 14.8. The van der Waals surface area contributed by atoms with Crippen LogP contribution in [0.1, 0.15) is 125 Å². The average molecular weight is 998 g/mol.